The third kappa shape index (κ3) is 5.04. The van der Waals surface area contributed by atoms with Crippen LogP contribution in [0.25, 0.3) is 11.1 Å². The topological polar surface area (TPSA) is 81.4 Å². The van der Waals surface area contributed by atoms with Crippen LogP contribution >= 0.6 is 0 Å². The van der Waals surface area contributed by atoms with Crippen LogP contribution in [0, 0.1) is 6.92 Å². The van der Waals surface area contributed by atoms with E-state index in [1.807, 2.05) is 54.6 Å². The lowest BCUT2D eigenvalue weighted by Gasteiger charge is -2.12. The molecular weight excluding hydrogens is 344 g/mol. The molecule has 0 aliphatic carbocycles. The smallest absolute Gasteiger partial charge is 0.311 e. The van der Waals surface area contributed by atoms with Gasteiger partial charge in [0.2, 0.25) is 5.88 Å². The molecule has 138 valence electrons. The van der Waals surface area contributed by atoms with Crippen molar-refractivity contribution in [3.05, 3.63) is 71.9 Å². The van der Waals surface area contributed by atoms with Crippen LogP contribution in [0.4, 0.5) is 5.88 Å². The number of ether oxygens (including phenoxy) is 1. The predicted molar refractivity (Wildman–Crippen MR) is 101 cm³/mol. The van der Waals surface area contributed by atoms with E-state index in [-0.39, 0.29) is 12.3 Å². The van der Waals surface area contributed by atoms with Gasteiger partial charge in [-0.15, -0.1) is 0 Å². The molecule has 0 saturated carbocycles. The summed E-state index contributed by atoms with van der Waals surface area (Å²) in [6.07, 6.45) is -0.847. The molecule has 0 radical (unpaired) electrons. The van der Waals surface area contributed by atoms with Crippen molar-refractivity contribution in [2.75, 3.05) is 5.32 Å². The summed E-state index contributed by atoms with van der Waals surface area (Å²) in [4.78, 5) is 24.1. The minimum Gasteiger partial charge on any atom is -0.452 e. The average Bonchev–Trinajstić information content (AvgIpc) is 3.07. The van der Waals surface area contributed by atoms with Crippen molar-refractivity contribution >= 4 is 17.8 Å². The first-order chi connectivity index (χ1) is 13.0. The maximum Gasteiger partial charge on any atom is 0.311 e. The zero-order chi connectivity index (χ0) is 19.2. The molecule has 1 N–H and O–H groups in total. The van der Waals surface area contributed by atoms with Crippen LogP contribution in [-0.2, 0) is 20.7 Å². The second kappa shape index (κ2) is 8.31. The fraction of sp³-hybridized carbons (Fsp3) is 0.190. The van der Waals surface area contributed by atoms with Crippen LogP contribution in [0.2, 0.25) is 0 Å². The van der Waals surface area contributed by atoms with E-state index in [2.05, 4.69) is 10.5 Å². The Kier molecular flexibility index (Phi) is 5.66. The molecule has 1 heterocycles. The zero-order valence-electron chi connectivity index (χ0n) is 15.1. The van der Waals surface area contributed by atoms with Crippen LogP contribution < -0.4 is 5.32 Å². The van der Waals surface area contributed by atoms with Crippen molar-refractivity contribution in [3.8, 4) is 11.1 Å². The monoisotopic (exact) mass is 364 g/mol. The van der Waals surface area contributed by atoms with Gasteiger partial charge in [0.05, 0.1) is 12.1 Å². The molecule has 27 heavy (non-hydrogen) atoms. The van der Waals surface area contributed by atoms with Gasteiger partial charge in [-0.05, 0) is 30.5 Å². The van der Waals surface area contributed by atoms with Crippen LogP contribution in [0.5, 0.6) is 0 Å². The molecule has 1 unspecified atom stereocenters. The van der Waals surface area contributed by atoms with E-state index in [1.54, 1.807) is 13.0 Å². The number of amides is 1. The van der Waals surface area contributed by atoms with Gasteiger partial charge >= 0.3 is 5.97 Å². The summed E-state index contributed by atoms with van der Waals surface area (Å²) >= 11 is 0. The van der Waals surface area contributed by atoms with E-state index >= 15 is 0 Å². The second-order valence-electron chi connectivity index (χ2n) is 6.19. The Labute approximate surface area is 157 Å². The largest absolute Gasteiger partial charge is 0.452 e. The second-order valence-corrected chi connectivity index (χ2v) is 6.19. The third-order valence-electron chi connectivity index (χ3n) is 3.96. The van der Waals surface area contributed by atoms with Gasteiger partial charge in [-0.3, -0.25) is 14.9 Å². The van der Waals surface area contributed by atoms with E-state index in [1.165, 1.54) is 6.92 Å². The van der Waals surface area contributed by atoms with Crippen molar-refractivity contribution in [2.24, 2.45) is 0 Å². The number of rotatable bonds is 6. The van der Waals surface area contributed by atoms with E-state index in [4.69, 9.17) is 9.26 Å². The van der Waals surface area contributed by atoms with Gasteiger partial charge < -0.3 is 9.26 Å². The normalized spacial score (nSPS) is 11.6. The summed E-state index contributed by atoms with van der Waals surface area (Å²) < 4.78 is 10.1. The Morgan fingerprint density at radius 2 is 1.74 bits per heavy atom. The summed E-state index contributed by atoms with van der Waals surface area (Å²) in [5.74, 6) is -0.727. The number of nitrogens with zero attached hydrogens (tertiary/aromatic N) is 1. The SMILES string of the molecule is Cc1cc(NC(=O)C(C)OC(=O)Cc2ccc(-c3ccccc3)cc2)on1. The molecule has 0 aliphatic heterocycles. The summed E-state index contributed by atoms with van der Waals surface area (Å²) in [6, 6.07) is 19.2. The van der Waals surface area contributed by atoms with Gasteiger partial charge in [0.25, 0.3) is 5.91 Å². The van der Waals surface area contributed by atoms with Crippen molar-refractivity contribution in [1.82, 2.24) is 5.16 Å². The molecule has 0 fully saturated rings. The lowest BCUT2D eigenvalue weighted by atomic mass is 10.0. The van der Waals surface area contributed by atoms with Crippen molar-refractivity contribution in [1.29, 1.82) is 0 Å². The number of anilines is 1. The molecular formula is C21H20N2O4. The average molecular weight is 364 g/mol. The summed E-state index contributed by atoms with van der Waals surface area (Å²) in [6.45, 7) is 3.25. The lowest BCUT2D eigenvalue weighted by molar-refractivity contribution is -0.152. The Hall–Kier alpha value is -3.41. The van der Waals surface area contributed by atoms with Gasteiger partial charge in [-0.2, -0.15) is 0 Å². The number of aryl methyl sites for hydroxylation is 1. The molecule has 0 spiro atoms. The number of hydrogen-bond acceptors (Lipinski definition) is 5. The molecule has 0 aliphatic rings. The van der Waals surface area contributed by atoms with E-state index in [0.29, 0.717) is 5.69 Å². The van der Waals surface area contributed by atoms with Crippen LogP contribution in [0.3, 0.4) is 0 Å². The van der Waals surface area contributed by atoms with Gasteiger partial charge in [0.1, 0.15) is 0 Å². The van der Waals surface area contributed by atoms with Crippen LogP contribution in [0.1, 0.15) is 18.2 Å². The molecule has 1 aromatic heterocycles. The van der Waals surface area contributed by atoms with Gasteiger partial charge in [0, 0.05) is 6.07 Å². The highest BCUT2D eigenvalue weighted by Gasteiger charge is 2.19. The van der Waals surface area contributed by atoms with Crippen molar-refractivity contribution < 1.29 is 18.8 Å². The van der Waals surface area contributed by atoms with Gasteiger partial charge in [-0.25, -0.2) is 0 Å². The minimum absolute atomic E-state index is 0.0914. The van der Waals surface area contributed by atoms with E-state index in [9.17, 15) is 9.59 Å². The molecule has 1 atom stereocenters. The molecule has 0 saturated heterocycles. The summed E-state index contributed by atoms with van der Waals surface area (Å²) in [5, 5.41) is 6.19. The quantitative estimate of drug-likeness (QED) is 0.674. The van der Waals surface area contributed by atoms with Gasteiger partial charge in [-0.1, -0.05) is 59.8 Å². The molecule has 0 bridgehead atoms. The highest BCUT2D eigenvalue weighted by molar-refractivity contribution is 5.94. The van der Waals surface area contributed by atoms with Crippen molar-refractivity contribution in [3.63, 3.8) is 0 Å². The first-order valence-electron chi connectivity index (χ1n) is 8.59. The zero-order valence-corrected chi connectivity index (χ0v) is 15.1. The Morgan fingerprint density at radius 3 is 2.37 bits per heavy atom. The Morgan fingerprint density at radius 1 is 1.07 bits per heavy atom. The molecule has 6 nitrogen and oxygen atoms in total. The highest BCUT2D eigenvalue weighted by atomic mass is 16.5. The maximum atomic E-state index is 12.1. The number of benzene rings is 2. The summed E-state index contributed by atoms with van der Waals surface area (Å²) in [7, 11) is 0. The number of carbonyl (C=O) groups is 2. The third-order valence-corrected chi connectivity index (χ3v) is 3.96. The number of nitrogens with one attached hydrogen (secondary N) is 1. The van der Waals surface area contributed by atoms with E-state index < -0.39 is 18.0 Å². The van der Waals surface area contributed by atoms with Crippen molar-refractivity contribution in [2.45, 2.75) is 26.4 Å². The van der Waals surface area contributed by atoms with Gasteiger partial charge in [0.15, 0.2) is 6.10 Å². The number of hydrogen-bond donors (Lipinski definition) is 1. The minimum atomic E-state index is -0.938. The van der Waals surface area contributed by atoms with Crippen LogP contribution in [-0.4, -0.2) is 23.1 Å². The Balaban J connectivity index is 1.53. The molecule has 1 amide bonds. The molecule has 2 aromatic carbocycles. The Bertz CT molecular complexity index is 917. The predicted octanol–water partition coefficient (Wildman–Crippen LogP) is 3.76. The first kappa shape index (κ1) is 18.4. The fourth-order valence-electron chi connectivity index (χ4n) is 2.55. The number of aromatic nitrogens is 1. The fourth-order valence-corrected chi connectivity index (χ4v) is 2.55. The number of carbonyl (C=O) groups excluding carboxylic acids is 2. The first-order valence-corrected chi connectivity index (χ1v) is 8.59. The standard InChI is InChI=1S/C21H20N2O4/c1-14-12-19(27-23-14)22-21(25)15(2)26-20(24)13-16-8-10-18(11-9-16)17-6-4-3-5-7-17/h3-12,15H,13H2,1-2H3,(H,22,25). The maximum absolute atomic E-state index is 12.1. The summed E-state index contributed by atoms with van der Waals surface area (Å²) in [5.41, 5.74) is 3.65. The van der Waals surface area contributed by atoms with Crippen LogP contribution in [0.15, 0.2) is 65.2 Å². The highest BCUT2D eigenvalue weighted by Crippen LogP contribution is 2.19. The molecule has 3 aromatic rings. The van der Waals surface area contributed by atoms with E-state index in [0.717, 1.165) is 16.7 Å². The molecule has 6 heteroatoms. The lowest BCUT2D eigenvalue weighted by Crippen LogP contribution is -2.30. The molecule has 3 rings (SSSR count). The number of esters is 1.